The first-order valence-corrected chi connectivity index (χ1v) is 16.7. The normalized spacial score (nSPS) is 15.0. The molecule has 234 valence electrons. The molecule has 0 heterocycles. The quantitative estimate of drug-likeness (QED) is 0.122. The molecular formula is C40H68O. The molecule has 1 heteroatoms. The molecule has 0 aromatic carbocycles. The number of hydrogen-bond acceptors (Lipinski definition) is 1. The lowest BCUT2D eigenvalue weighted by atomic mass is 10.0. The molecule has 0 aromatic rings. The van der Waals surface area contributed by atoms with Gasteiger partial charge in [-0.15, -0.1) is 0 Å². The highest BCUT2D eigenvalue weighted by Crippen LogP contribution is 2.17. The van der Waals surface area contributed by atoms with Gasteiger partial charge in [-0.1, -0.05) is 88.5 Å². The molecule has 41 heavy (non-hydrogen) atoms. The van der Waals surface area contributed by atoms with Gasteiger partial charge in [0, 0.05) is 6.61 Å². The van der Waals surface area contributed by atoms with E-state index in [1.54, 1.807) is 0 Å². The van der Waals surface area contributed by atoms with Crippen molar-refractivity contribution in [2.45, 2.75) is 159 Å². The van der Waals surface area contributed by atoms with Crippen LogP contribution in [0.3, 0.4) is 0 Å². The van der Waals surface area contributed by atoms with Gasteiger partial charge in [0.1, 0.15) is 0 Å². The van der Waals surface area contributed by atoms with Gasteiger partial charge < -0.3 is 5.11 Å². The molecule has 0 bridgehead atoms. The Labute approximate surface area is 257 Å². The summed E-state index contributed by atoms with van der Waals surface area (Å²) in [6.07, 6.45) is 34.2. The standard InChI is InChI=1S/C40H68O/c1-33(2)17-10-18-34(3)19-11-20-35(4)21-12-22-36(5)23-13-24-37(6)25-14-26-38(7)27-15-28-39(8)29-16-30-40(9)31-32-41/h17,19,21,23,25,27,29,40-41H,10-16,18,20,22,24,26,28,30-32H2,1-9H3/b34-19+,35-21+,36-23+,37-25+,38-27+,39-29+/t40-/m0/s1. The van der Waals surface area contributed by atoms with Crippen molar-refractivity contribution >= 4 is 0 Å². The van der Waals surface area contributed by atoms with E-state index in [1.165, 1.54) is 90.4 Å². The summed E-state index contributed by atoms with van der Waals surface area (Å²) in [7, 11) is 0. The highest BCUT2D eigenvalue weighted by atomic mass is 16.3. The van der Waals surface area contributed by atoms with E-state index < -0.39 is 0 Å². The Kier molecular flexibility index (Phi) is 24.6. The van der Waals surface area contributed by atoms with Gasteiger partial charge in [0.2, 0.25) is 0 Å². The van der Waals surface area contributed by atoms with E-state index in [0.717, 1.165) is 44.9 Å². The maximum atomic E-state index is 9.02. The van der Waals surface area contributed by atoms with Crippen LogP contribution in [0.15, 0.2) is 81.5 Å². The van der Waals surface area contributed by atoms with E-state index >= 15 is 0 Å². The van der Waals surface area contributed by atoms with Gasteiger partial charge in [0.05, 0.1) is 0 Å². The maximum Gasteiger partial charge on any atom is 0.0433 e. The molecule has 0 aliphatic heterocycles. The third-order valence-corrected chi connectivity index (χ3v) is 8.02. The largest absolute Gasteiger partial charge is 0.396 e. The fourth-order valence-corrected chi connectivity index (χ4v) is 4.91. The smallest absolute Gasteiger partial charge is 0.0433 e. The lowest BCUT2D eigenvalue weighted by molar-refractivity contribution is 0.259. The molecule has 1 nitrogen and oxygen atoms in total. The monoisotopic (exact) mass is 565 g/mol. The van der Waals surface area contributed by atoms with E-state index in [1.807, 2.05) is 0 Å². The zero-order chi connectivity index (χ0) is 30.9. The topological polar surface area (TPSA) is 20.2 Å². The molecule has 0 aliphatic carbocycles. The molecule has 1 atom stereocenters. The van der Waals surface area contributed by atoms with Gasteiger partial charge in [-0.2, -0.15) is 0 Å². The van der Waals surface area contributed by atoms with E-state index in [2.05, 4.69) is 105 Å². The summed E-state index contributed by atoms with van der Waals surface area (Å²) in [6, 6.07) is 0. The van der Waals surface area contributed by atoms with Crippen LogP contribution in [0, 0.1) is 5.92 Å². The average molecular weight is 565 g/mol. The first kappa shape index (κ1) is 39.1. The second kappa shape index (κ2) is 25.8. The third-order valence-electron chi connectivity index (χ3n) is 8.02. The van der Waals surface area contributed by atoms with E-state index in [9.17, 15) is 0 Å². The van der Waals surface area contributed by atoms with Crippen molar-refractivity contribution < 1.29 is 5.11 Å². The molecule has 0 rings (SSSR count). The SMILES string of the molecule is CC(C)=CCC/C(C)=C/CC/C(C)=C/CC/C(C)=C/CC/C(C)=C/CC/C(C)=C/CC/C(C)=C/CC[C@H](C)CCO. The van der Waals surface area contributed by atoms with Crippen LogP contribution in [0.1, 0.15) is 159 Å². The van der Waals surface area contributed by atoms with E-state index in [4.69, 9.17) is 5.11 Å². The first-order valence-electron chi connectivity index (χ1n) is 16.7. The van der Waals surface area contributed by atoms with Crippen LogP contribution in [0.2, 0.25) is 0 Å². The summed E-state index contributed by atoms with van der Waals surface area (Å²) >= 11 is 0. The zero-order valence-corrected chi connectivity index (χ0v) is 28.9. The predicted molar refractivity (Wildman–Crippen MR) is 187 cm³/mol. The summed E-state index contributed by atoms with van der Waals surface area (Å²) < 4.78 is 0. The molecule has 0 spiro atoms. The molecule has 1 N–H and O–H groups in total. The van der Waals surface area contributed by atoms with Crippen LogP contribution in [0.4, 0.5) is 0 Å². The Morgan fingerprint density at radius 1 is 0.415 bits per heavy atom. The zero-order valence-electron chi connectivity index (χ0n) is 28.9. The van der Waals surface area contributed by atoms with Crippen molar-refractivity contribution in [3.63, 3.8) is 0 Å². The van der Waals surface area contributed by atoms with Crippen molar-refractivity contribution in [3.05, 3.63) is 81.5 Å². The second-order valence-electron chi connectivity index (χ2n) is 13.0. The van der Waals surface area contributed by atoms with Crippen molar-refractivity contribution in [1.29, 1.82) is 0 Å². The Morgan fingerprint density at radius 2 is 0.683 bits per heavy atom. The second-order valence-corrected chi connectivity index (χ2v) is 13.0. The van der Waals surface area contributed by atoms with Crippen LogP contribution in [0.5, 0.6) is 0 Å². The van der Waals surface area contributed by atoms with Crippen molar-refractivity contribution in [3.8, 4) is 0 Å². The van der Waals surface area contributed by atoms with Gasteiger partial charge in [0.15, 0.2) is 0 Å². The molecular weight excluding hydrogens is 496 g/mol. The number of rotatable bonds is 23. The fourth-order valence-electron chi connectivity index (χ4n) is 4.91. The van der Waals surface area contributed by atoms with Crippen LogP contribution in [-0.4, -0.2) is 11.7 Å². The molecule has 0 amide bonds. The summed E-state index contributed by atoms with van der Waals surface area (Å²) in [5.74, 6) is 0.620. The lowest BCUT2D eigenvalue weighted by Crippen LogP contribution is -1.97. The summed E-state index contributed by atoms with van der Waals surface area (Å²) in [6.45, 7) is 20.6. The highest BCUT2D eigenvalue weighted by Gasteiger charge is 2.00. The van der Waals surface area contributed by atoms with Crippen LogP contribution in [-0.2, 0) is 0 Å². The molecule has 0 aliphatic rings. The fraction of sp³-hybridized carbons (Fsp3) is 0.650. The molecule has 0 aromatic heterocycles. The molecule has 0 saturated heterocycles. The Morgan fingerprint density at radius 3 is 0.951 bits per heavy atom. The van der Waals surface area contributed by atoms with E-state index in [-0.39, 0.29) is 0 Å². The van der Waals surface area contributed by atoms with Crippen molar-refractivity contribution in [2.24, 2.45) is 5.92 Å². The molecule has 0 radical (unpaired) electrons. The number of aliphatic hydroxyl groups is 1. The predicted octanol–water partition coefficient (Wildman–Crippen LogP) is 13.1. The maximum absolute atomic E-state index is 9.02. The van der Waals surface area contributed by atoms with Gasteiger partial charge in [0.25, 0.3) is 0 Å². The van der Waals surface area contributed by atoms with E-state index in [0.29, 0.717) is 12.5 Å². The van der Waals surface area contributed by atoms with Crippen molar-refractivity contribution in [1.82, 2.24) is 0 Å². The van der Waals surface area contributed by atoms with Gasteiger partial charge in [-0.25, -0.2) is 0 Å². The minimum absolute atomic E-state index is 0.313. The first-order chi connectivity index (χ1) is 19.5. The molecule has 0 saturated carbocycles. The van der Waals surface area contributed by atoms with Gasteiger partial charge in [-0.3, -0.25) is 0 Å². The molecule has 0 fully saturated rings. The summed E-state index contributed by atoms with van der Waals surface area (Å²) in [4.78, 5) is 0. The summed E-state index contributed by atoms with van der Waals surface area (Å²) in [5, 5.41) is 9.02. The highest BCUT2D eigenvalue weighted by molar-refractivity contribution is 5.09. The Balaban J connectivity index is 4.16. The Bertz CT molecular complexity index is 895. The average Bonchev–Trinajstić information content (AvgIpc) is 2.88. The van der Waals surface area contributed by atoms with Crippen molar-refractivity contribution in [2.75, 3.05) is 6.61 Å². The number of allylic oxidation sites excluding steroid dienone is 14. The third kappa shape index (κ3) is 26.8. The van der Waals surface area contributed by atoms with Gasteiger partial charge >= 0.3 is 0 Å². The van der Waals surface area contributed by atoms with Gasteiger partial charge in [-0.05, 0) is 158 Å². The minimum atomic E-state index is 0.313. The van der Waals surface area contributed by atoms with Crippen LogP contribution >= 0.6 is 0 Å². The lowest BCUT2D eigenvalue weighted by Gasteiger charge is -2.07. The van der Waals surface area contributed by atoms with Crippen LogP contribution in [0.25, 0.3) is 0 Å². The summed E-state index contributed by atoms with van der Waals surface area (Å²) in [5.41, 5.74) is 10.5. The molecule has 0 unspecified atom stereocenters. The number of aliphatic hydroxyl groups excluding tert-OH is 1. The van der Waals surface area contributed by atoms with Crippen LogP contribution < -0.4 is 0 Å². The Hall–Kier alpha value is -1.86. The minimum Gasteiger partial charge on any atom is -0.396 e. The number of hydrogen-bond donors (Lipinski definition) is 1.